The van der Waals surface area contributed by atoms with Crippen LogP contribution in [0.15, 0.2) is 23.1 Å². The Labute approximate surface area is 110 Å². The van der Waals surface area contributed by atoms with Crippen LogP contribution in [0.1, 0.15) is 29.3 Å². The molecule has 6 heteroatoms. The lowest BCUT2D eigenvalue weighted by atomic mass is 10.1. The highest BCUT2D eigenvalue weighted by atomic mass is 79.9. The zero-order chi connectivity index (χ0) is 13.1. The maximum absolute atomic E-state index is 12.4. The number of halogens is 4. The molecular weight excluding hydrogens is 317 g/mol. The van der Waals surface area contributed by atoms with Crippen molar-refractivity contribution in [1.82, 2.24) is 0 Å². The summed E-state index contributed by atoms with van der Waals surface area (Å²) in [6.07, 6.45) is 0.194. The molecule has 0 aliphatic heterocycles. The van der Waals surface area contributed by atoms with Crippen molar-refractivity contribution in [3.05, 3.63) is 29.3 Å². The van der Waals surface area contributed by atoms with Crippen LogP contribution in [0.2, 0.25) is 0 Å². The van der Waals surface area contributed by atoms with Gasteiger partial charge in [-0.1, -0.05) is 28.9 Å². The zero-order valence-corrected chi connectivity index (χ0v) is 11.4. The lowest BCUT2D eigenvalue weighted by Gasteiger charge is -2.11. The predicted molar refractivity (Wildman–Crippen MR) is 65.6 cm³/mol. The van der Waals surface area contributed by atoms with Gasteiger partial charge in [0.1, 0.15) is 0 Å². The fraction of sp³-hybridized carbons (Fsp3) is 0.364. The standard InChI is InChI=1S/C11H10BrF3OS/c1-2-9(16)8-4-3-7(6-12)5-10(8)17-11(13,14)15/h3-5H,2,6H2,1H3. The molecule has 0 fully saturated rings. The SMILES string of the molecule is CCC(=O)c1ccc(CBr)cc1SC(F)(F)F. The van der Waals surface area contributed by atoms with E-state index in [2.05, 4.69) is 15.9 Å². The van der Waals surface area contributed by atoms with Gasteiger partial charge in [-0.15, -0.1) is 0 Å². The summed E-state index contributed by atoms with van der Waals surface area (Å²) in [4.78, 5) is 11.5. The maximum Gasteiger partial charge on any atom is 0.446 e. The first kappa shape index (κ1) is 14.6. The van der Waals surface area contributed by atoms with Crippen molar-refractivity contribution in [1.29, 1.82) is 0 Å². The molecule has 0 spiro atoms. The van der Waals surface area contributed by atoms with E-state index >= 15 is 0 Å². The Hall–Kier alpha value is -0.490. The third-order valence-corrected chi connectivity index (χ3v) is 3.48. The number of carbonyl (C=O) groups is 1. The molecule has 0 aromatic heterocycles. The average Bonchev–Trinajstić information content (AvgIpc) is 2.25. The van der Waals surface area contributed by atoms with Crippen molar-refractivity contribution in [2.24, 2.45) is 0 Å². The molecule has 0 heterocycles. The minimum Gasteiger partial charge on any atom is -0.294 e. The van der Waals surface area contributed by atoms with E-state index in [1.165, 1.54) is 12.1 Å². The molecule has 1 nitrogen and oxygen atoms in total. The van der Waals surface area contributed by atoms with Crippen LogP contribution >= 0.6 is 27.7 Å². The highest BCUT2D eigenvalue weighted by Crippen LogP contribution is 2.39. The quantitative estimate of drug-likeness (QED) is 0.449. The van der Waals surface area contributed by atoms with Gasteiger partial charge >= 0.3 is 5.51 Å². The Morgan fingerprint density at radius 1 is 1.41 bits per heavy atom. The summed E-state index contributed by atoms with van der Waals surface area (Å²) in [5.74, 6) is -0.280. The Balaban J connectivity index is 3.16. The summed E-state index contributed by atoms with van der Waals surface area (Å²) in [6.45, 7) is 1.63. The molecule has 0 aliphatic carbocycles. The van der Waals surface area contributed by atoms with E-state index in [4.69, 9.17) is 0 Å². The van der Waals surface area contributed by atoms with Gasteiger partial charge in [0.15, 0.2) is 5.78 Å². The number of Topliss-reactive ketones (excluding diaryl/α,β-unsaturated/α-hetero) is 1. The van der Waals surface area contributed by atoms with Crippen LogP contribution < -0.4 is 0 Å². The number of hydrogen-bond donors (Lipinski definition) is 0. The van der Waals surface area contributed by atoms with Crippen LogP contribution in [0.25, 0.3) is 0 Å². The number of ketones is 1. The van der Waals surface area contributed by atoms with Crippen LogP contribution in [0.3, 0.4) is 0 Å². The molecule has 0 radical (unpaired) electrons. The fourth-order valence-electron chi connectivity index (χ4n) is 1.28. The molecule has 94 valence electrons. The van der Waals surface area contributed by atoms with Crippen molar-refractivity contribution in [2.45, 2.75) is 29.1 Å². The zero-order valence-electron chi connectivity index (χ0n) is 8.97. The van der Waals surface area contributed by atoms with Gasteiger partial charge < -0.3 is 0 Å². The number of hydrogen-bond acceptors (Lipinski definition) is 2. The summed E-state index contributed by atoms with van der Waals surface area (Å²) >= 11 is 2.93. The predicted octanol–water partition coefficient (Wildman–Crippen LogP) is 4.79. The summed E-state index contributed by atoms with van der Waals surface area (Å²) in [5.41, 5.74) is -3.53. The molecule has 1 rings (SSSR count). The second-order valence-corrected chi connectivity index (χ2v) is 4.96. The number of benzene rings is 1. The van der Waals surface area contributed by atoms with E-state index in [9.17, 15) is 18.0 Å². The third-order valence-electron chi connectivity index (χ3n) is 2.05. The molecule has 0 saturated carbocycles. The highest BCUT2D eigenvalue weighted by Gasteiger charge is 2.31. The van der Waals surface area contributed by atoms with Crippen molar-refractivity contribution < 1.29 is 18.0 Å². The molecule has 0 amide bonds. The number of carbonyl (C=O) groups excluding carboxylic acids is 1. The summed E-state index contributed by atoms with van der Waals surface area (Å²) < 4.78 is 37.1. The maximum atomic E-state index is 12.4. The van der Waals surface area contributed by atoms with Crippen molar-refractivity contribution in [3.8, 4) is 0 Å². The molecule has 17 heavy (non-hydrogen) atoms. The first-order valence-corrected chi connectivity index (χ1v) is 6.79. The lowest BCUT2D eigenvalue weighted by molar-refractivity contribution is -0.0328. The molecule has 1 aromatic rings. The van der Waals surface area contributed by atoms with Crippen LogP contribution in [0, 0.1) is 0 Å². The van der Waals surface area contributed by atoms with Crippen molar-refractivity contribution in [2.75, 3.05) is 0 Å². The smallest absolute Gasteiger partial charge is 0.294 e. The minimum atomic E-state index is -4.38. The minimum absolute atomic E-state index is 0.0266. The molecule has 0 aliphatic rings. The Bertz CT molecular complexity index is 418. The Morgan fingerprint density at radius 2 is 2.06 bits per heavy atom. The second kappa shape index (κ2) is 5.91. The van der Waals surface area contributed by atoms with Gasteiger partial charge in [-0.05, 0) is 29.5 Å². The largest absolute Gasteiger partial charge is 0.446 e. The molecule has 0 unspecified atom stereocenters. The van der Waals surface area contributed by atoms with E-state index in [1.807, 2.05) is 0 Å². The lowest BCUT2D eigenvalue weighted by Crippen LogP contribution is -2.05. The van der Waals surface area contributed by atoms with Gasteiger partial charge in [0.05, 0.1) is 0 Å². The van der Waals surface area contributed by atoms with E-state index in [0.29, 0.717) is 10.9 Å². The van der Waals surface area contributed by atoms with Gasteiger partial charge in [-0.25, -0.2) is 0 Å². The summed E-state index contributed by atoms with van der Waals surface area (Å²) in [7, 11) is 0. The molecule has 0 saturated heterocycles. The van der Waals surface area contributed by atoms with Gasteiger partial charge in [-0.2, -0.15) is 13.2 Å². The molecule has 0 atom stereocenters. The van der Waals surface area contributed by atoms with E-state index < -0.39 is 5.51 Å². The molecule has 0 bridgehead atoms. The first-order valence-electron chi connectivity index (χ1n) is 4.85. The van der Waals surface area contributed by atoms with Gasteiger partial charge in [0.2, 0.25) is 0 Å². The van der Waals surface area contributed by atoms with Crippen molar-refractivity contribution >= 4 is 33.5 Å². The second-order valence-electron chi connectivity index (χ2n) is 3.29. The number of thioether (sulfide) groups is 1. The molecule has 0 N–H and O–H groups in total. The fourth-order valence-corrected chi connectivity index (χ4v) is 2.38. The van der Waals surface area contributed by atoms with Crippen LogP contribution in [0.5, 0.6) is 0 Å². The van der Waals surface area contributed by atoms with E-state index in [0.717, 1.165) is 0 Å². The Kier molecular flexibility index (Phi) is 5.06. The van der Waals surface area contributed by atoms with Crippen LogP contribution in [0.4, 0.5) is 13.2 Å². The van der Waals surface area contributed by atoms with Gasteiger partial charge in [0, 0.05) is 22.2 Å². The first-order chi connectivity index (χ1) is 7.87. The van der Waals surface area contributed by atoms with Crippen LogP contribution in [-0.2, 0) is 5.33 Å². The van der Waals surface area contributed by atoms with Crippen LogP contribution in [-0.4, -0.2) is 11.3 Å². The number of rotatable bonds is 4. The molecule has 1 aromatic carbocycles. The Morgan fingerprint density at radius 3 is 2.53 bits per heavy atom. The average molecular weight is 327 g/mol. The summed E-state index contributed by atoms with van der Waals surface area (Å²) in [5, 5.41) is 0.457. The third kappa shape index (κ3) is 4.35. The molecular formula is C11H10BrF3OS. The normalized spacial score (nSPS) is 11.6. The number of alkyl halides is 4. The van der Waals surface area contributed by atoms with E-state index in [-0.39, 0.29) is 34.4 Å². The van der Waals surface area contributed by atoms with Crippen molar-refractivity contribution in [3.63, 3.8) is 0 Å². The summed E-state index contributed by atoms with van der Waals surface area (Å²) in [6, 6.07) is 4.50. The monoisotopic (exact) mass is 326 g/mol. The highest BCUT2D eigenvalue weighted by molar-refractivity contribution is 9.08. The topological polar surface area (TPSA) is 17.1 Å². The van der Waals surface area contributed by atoms with Gasteiger partial charge in [-0.3, -0.25) is 4.79 Å². The van der Waals surface area contributed by atoms with Gasteiger partial charge in [0.25, 0.3) is 0 Å². The van der Waals surface area contributed by atoms with E-state index in [1.54, 1.807) is 13.0 Å².